The van der Waals surface area contributed by atoms with E-state index >= 15 is 0 Å². The maximum absolute atomic E-state index is 13.8. The smallest absolute Gasteiger partial charge is 0.342 e. The second-order valence-corrected chi connectivity index (χ2v) is 13.1. The van der Waals surface area contributed by atoms with E-state index in [0.717, 1.165) is 0 Å². The molecule has 0 bridgehead atoms. The average Bonchev–Trinajstić information content (AvgIpc) is 3.56. The van der Waals surface area contributed by atoms with Crippen LogP contribution in [0, 0.1) is 5.92 Å². The van der Waals surface area contributed by atoms with Crippen LogP contribution in [0.2, 0.25) is 0 Å². The zero-order valence-corrected chi connectivity index (χ0v) is 28.6. The van der Waals surface area contributed by atoms with Crippen molar-refractivity contribution in [3.8, 4) is 11.5 Å². The molecule has 3 unspecified atom stereocenters. The number of methoxy groups -OCH3 is 1. The van der Waals surface area contributed by atoms with Gasteiger partial charge in [0.25, 0.3) is 0 Å². The Morgan fingerprint density at radius 1 is 0.958 bits per heavy atom. The van der Waals surface area contributed by atoms with Crippen molar-refractivity contribution in [1.82, 2.24) is 0 Å². The molecule has 3 aliphatic rings. The third kappa shape index (κ3) is 9.03. The van der Waals surface area contributed by atoms with Crippen LogP contribution in [-0.2, 0) is 33.2 Å². The van der Waals surface area contributed by atoms with E-state index in [2.05, 4.69) is 0 Å². The van der Waals surface area contributed by atoms with Gasteiger partial charge >= 0.3 is 11.9 Å². The topological polar surface area (TPSA) is 117 Å². The van der Waals surface area contributed by atoms with Crippen molar-refractivity contribution in [3.05, 3.63) is 77.4 Å². The Morgan fingerprint density at radius 3 is 2.44 bits per heavy atom. The first kappa shape index (κ1) is 35.6. The number of carbonyl (C=O) groups is 2. The molecular formula is C37H46O11. The van der Waals surface area contributed by atoms with E-state index in [1.807, 2.05) is 52.8 Å². The van der Waals surface area contributed by atoms with Crippen LogP contribution in [0.5, 0.6) is 11.5 Å². The van der Waals surface area contributed by atoms with Gasteiger partial charge in [-0.15, -0.1) is 0 Å². The van der Waals surface area contributed by atoms with Gasteiger partial charge in [-0.05, 0) is 70.9 Å². The number of hydrogen-bond donors (Lipinski definition) is 0. The summed E-state index contributed by atoms with van der Waals surface area (Å²) in [4.78, 5) is 27.0. The molecule has 2 aromatic carbocycles. The molecule has 11 heteroatoms. The number of fused-ring (bicyclic) bond motifs is 2. The normalized spacial score (nSPS) is 28.8. The minimum absolute atomic E-state index is 0.0948. The molecule has 5 rings (SSSR count). The first-order valence-electron chi connectivity index (χ1n) is 16.3. The summed E-state index contributed by atoms with van der Waals surface area (Å²) in [7, 11) is 1.50. The van der Waals surface area contributed by atoms with E-state index in [1.165, 1.54) is 7.11 Å². The Balaban J connectivity index is 1.49. The number of rotatable bonds is 8. The van der Waals surface area contributed by atoms with Crippen molar-refractivity contribution >= 4 is 18.0 Å². The van der Waals surface area contributed by atoms with Crippen molar-refractivity contribution in [3.63, 3.8) is 0 Å². The lowest BCUT2D eigenvalue weighted by Gasteiger charge is -2.26. The standard InChI is InChI=1S/C37H46O11/c1-23-16-17-29(45-34(38)25-12-9-8-10-13-25)33-30(47-37(5,6)48-33)15-11-14-26-18-27(41-20-28-21-43-36(3,4)46-28)19-31(42-22-40-7)32(26)35(39)44-24(23)2/h8-14,16-19,23-24,28-30,33H,15,20-22H2,1-7H3/b14-11?,17-16-/t23-,24+,28?,29?,30+,33?/m1/s1. The molecule has 3 aliphatic heterocycles. The van der Waals surface area contributed by atoms with E-state index in [1.54, 1.807) is 55.5 Å². The molecule has 0 aliphatic carbocycles. The summed E-state index contributed by atoms with van der Waals surface area (Å²) < 4.78 is 53.4. The Bertz CT molecular complexity index is 1480. The summed E-state index contributed by atoms with van der Waals surface area (Å²) in [5.41, 5.74) is 1.17. The fourth-order valence-corrected chi connectivity index (χ4v) is 5.73. The van der Waals surface area contributed by atoms with Gasteiger partial charge in [0, 0.05) is 19.1 Å². The molecule has 0 aromatic heterocycles. The summed E-state index contributed by atoms with van der Waals surface area (Å²) in [6.07, 6.45) is 5.02. The molecule has 0 spiro atoms. The second kappa shape index (κ2) is 15.2. The Hall–Kier alpha value is -3.74. The number of ether oxygens (including phenoxy) is 9. The maximum atomic E-state index is 13.8. The van der Waals surface area contributed by atoms with Crippen LogP contribution >= 0.6 is 0 Å². The number of carbonyl (C=O) groups excluding carboxylic acids is 2. The van der Waals surface area contributed by atoms with Crippen LogP contribution < -0.4 is 9.47 Å². The molecule has 0 amide bonds. The molecule has 2 saturated heterocycles. The van der Waals surface area contributed by atoms with E-state index in [-0.39, 0.29) is 36.7 Å². The zero-order valence-electron chi connectivity index (χ0n) is 28.6. The summed E-state index contributed by atoms with van der Waals surface area (Å²) in [5.74, 6) is -2.22. The minimum atomic E-state index is -0.930. The first-order valence-corrected chi connectivity index (χ1v) is 16.3. The minimum Gasteiger partial charge on any atom is -0.491 e. The monoisotopic (exact) mass is 666 g/mol. The zero-order chi connectivity index (χ0) is 34.5. The van der Waals surface area contributed by atoms with Gasteiger partial charge in [-0.2, -0.15) is 0 Å². The largest absolute Gasteiger partial charge is 0.491 e. The van der Waals surface area contributed by atoms with Crippen molar-refractivity contribution in [2.45, 2.75) is 90.1 Å². The first-order chi connectivity index (χ1) is 22.8. The molecule has 2 fully saturated rings. The van der Waals surface area contributed by atoms with Crippen molar-refractivity contribution in [2.24, 2.45) is 5.92 Å². The Kier molecular flexibility index (Phi) is 11.3. The fourth-order valence-electron chi connectivity index (χ4n) is 5.73. The fraction of sp³-hybridized carbons (Fsp3) is 0.514. The Morgan fingerprint density at radius 2 is 1.73 bits per heavy atom. The highest BCUT2D eigenvalue weighted by atomic mass is 16.8. The molecule has 2 aromatic rings. The number of benzene rings is 2. The quantitative estimate of drug-likeness (QED) is 0.185. The molecule has 48 heavy (non-hydrogen) atoms. The lowest BCUT2D eigenvalue weighted by molar-refractivity contribution is -0.152. The van der Waals surface area contributed by atoms with Crippen LogP contribution in [0.1, 0.15) is 74.2 Å². The van der Waals surface area contributed by atoms with E-state index in [0.29, 0.717) is 29.9 Å². The van der Waals surface area contributed by atoms with Crippen LogP contribution in [0.3, 0.4) is 0 Å². The van der Waals surface area contributed by atoms with E-state index in [4.69, 9.17) is 42.6 Å². The van der Waals surface area contributed by atoms with Gasteiger partial charge < -0.3 is 42.6 Å². The van der Waals surface area contributed by atoms with E-state index < -0.39 is 47.9 Å². The molecule has 6 atom stereocenters. The predicted molar refractivity (Wildman–Crippen MR) is 176 cm³/mol. The second-order valence-electron chi connectivity index (χ2n) is 13.1. The predicted octanol–water partition coefficient (Wildman–Crippen LogP) is 6.10. The molecule has 11 nitrogen and oxygen atoms in total. The summed E-state index contributed by atoms with van der Waals surface area (Å²) in [6.45, 7) is 11.6. The van der Waals surface area contributed by atoms with Crippen LogP contribution in [0.25, 0.3) is 6.08 Å². The SMILES string of the molecule is COCOc1cc(OCC2COC(C)(C)O2)cc2c1C(=O)O[C@@H](C)[C@H](C)/C=C\C(OC(=O)c1ccccc1)C1OC(C)(C)O[C@H]1CC=C2. The van der Waals surface area contributed by atoms with Crippen molar-refractivity contribution in [1.29, 1.82) is 0 Å². The lowest BCUT2D eigenvalue weighted by Crippen LogP contribution is -2.37. The summed E-state index contributed by atoms with van der Waals surface area (Å²) in [5, 5.41) is 0. The Labute approximate surface area is 282 Å². The van der Waals surface area contributed by atoms with Crippen molar-refractivity contribution < 1.29 is 52.2 Å². The van der Waals surface area contributed by atoms with Crippen molar-refractivity contribution in [2.75, 3.05) is 27.1 Å². The number of cyclic esters (lactones) is 1. The third-order valence-electron chi connectivity index (χ3n) is 8.25. The number of hydrogen-bond acceptors (Lipinski definition) is 11. The van der Waals surface area contributed by atoms with Crippen LogP contribution in [-0.4, -0.2) is 81.1 Å². The lowest BCUT2D eigenvalue weighted by atomic mass is 9.98. The number of esters is 2. The van der Waals surface area contributed by atoms with Crippen LogP contribution in [0.15, 0.2) is 60.7 Å². The molecule has 260 valence electrons. The molecule has 3 heterocycles. The third-order valence-corrected chi connectivity index (χ3v) is 8.25. The summed E-state index contributed by atoms with van der Waals surface area (Å²) in [6, 6.07) is 12.2. The molecular weight excluding hydrogens is 620 g/mol. The highest BCUT2D eigenvalue weighted by molar-refractivity contribution is 5.97. The van der Waals surface area contributed by atoms with Gasteiger partial charge in [0.1, 0.15) is 48.1 Å². The summed E-state index contributed by atoms with van der Waals surface area (Å²) >= 11 is 0. The molecule has 0 N–H and O–H groups in total. The average molecular weight is 667 g/mol. The maximum Gasteiger partial charge on any atom is 0.342 e. The van der Waals surface area contributed by atoms with Gasteiger partial charge in [-0.3, -0.25) is 0 Å². The van der Waals surface area contributed by atoms with Crippen LogP contribution in [0.4, 0.5) is 0 Å². The molecule has 0 radical (unpaired) electrons. The van der Waals surface area contributed by atoms with Gasteiger partial charge in [0.2, 0.25) is 0 Å². The van der Waals surface area contributed by atoms with Gasteiger partial charge in [0.15, 0.2) is 18.4 Å². The van der Waals surface area contributed by atoms with Gasteiger partial charge in [0.05, 0.1) is 18.3 Å². The van der Waals surface area contributed by atoms with E-state index in [9.17, 15) is 9.59 Å². The molecule has 0 saturated carbocycles. The highest BCUT2D eigenvalue weighted by Crippen LogP contribution is 2.36. The van der Waals surface area contributed by atoms with Gasteiger partial charge in [-0.25, -0.2) is 9.59 Å². The van der Waals surface area contributed by atoms with Gasteiger partial charge in [-0.1, -0.05) is 43.4 Å². The highest BCUT2D eigenvalue weighted by Gasteiger charge is 2.45.